The monoisotopic (exact) mass is 554 g/mol. The van der Waals surface area contributed by atoms with E-state index in [0.29, 0.717) is 16.9 Å². The molecule has 2 amide bonds. The maximum absolute atomic E-state index is 13.5. The lowest BCUT2D eigenvalue weighted by Gasteiger charge is -2.12. The molecule has 1 aromatic carbocycles. The van der Waals surface area contributed by atoms with E-state index in [1.54, 1.807) is 30.3 Å². The van der Waals surface area contributed by atoms with E-state index >= 15 is 0 Å². The summed E-state index contributed by atoms with van der Waals surface area (Å²) >= 11 is 3.49. The van der Waals surface area contributed by atoms with Gasteiger partial charge in [-0.2, -0.15) is 13.2 Å². The van der Waals surface area contributed by atoms with Crippen LogP contribution < -0.4 is 11.1 Å². The van der Waals surface area contributed by atoms with Crippen molar-refractivity contribution in [2.75, 3.05) is 5.32 Å². The standard InChI is InChI=1S/C19H10BrF3N6O4S/c20-11-13(27-28-16(11)29(32)33)17(31)26-12-10-8(7-4-2-1-3-5-7)6-9(19(21,22)23)25-18(10)34-14(12)15(24)30/h1-6H,(H2,24,30)(H,26,31)(H,27,28). The van der Waals surface area contributed by atoms with Crippen molar-refractivity contribution in [3.8, 4) is 11.1 Å². The van der Waals surface area contributed by atoms with Crippen LogP contribution in [0.1, 0.15) is 25.9 Å². The van der Waals surface area contributed by atoms with Gasteiger partial charge < -0.3 is 21.2 Å². The summed E-state index contributed by atoms with van der Waals surface area (Å²) in [5.74, 6) is -2.58. The summed E-state index contributed by atoms with van der Waals surface area (Å²) in [6, 6.07) is 8.79. The van der Waals surface area contributed by atoms with Gasteiger partial charge >= 0.3 is 12.0 Å². The highest BCUT2D eigenvalue weighted by atomic mass is 79.9. The number of carbonyl (C=O) groups is 2. The maximum Gasteiger partial charge on any atom is 0.433 e. The number of rotatable bonds is 5. The Morgan fingerprint density at radius 1 is 1.24 bits per heavy atom. The smallest absolute Gasteiger partial charge is 0.365 e. The van der Waals surface area contributed by atoms with Crippen molar-refractivity contribution < 1.29 is 27.7 Å². The number of aromatic nitrogens is 3. The van der Waals surface area contributed by atoms with Gasteiger partial charge in [0.25, 0.3) is 11.8 Å². The van der Waals surface area contributed by atoms with Crippen molar-refractivity contribution >= 4 is 60.8 Å². The Kier molecular flexibility index (Phi) is 5.82. The highest BCUT2D eigenvalue weighted by molar-refractivity contribution is 9.10. The molecule has 0 radical (unpaired) electrons. The van der Waals surface area contributed by atoms with Crippen molar-refractivity contribution in [1.29, 1.82) is 0 Å². The molecule has 10 nitrogen and oxygen atoms in total. The molecule has 3 heterocycles. The minimum atomic E-state index is -4.78. The van der Waals surface area contributed by atoms with E-state index in [9.17, 15) is 32.9 Å². The van der Waals surface area contributed by atoms with Gasteiger partial charge in [0.1, 0.15) is 19.9 Å². The van der Waals surface area contributed by atoms with Crippen molar-refractivity contribution in [1.82, 2.24) is 15.2 Å². The second-order valence-electron chi connectivity index (χ2n) is 6.72. The molecule has 0 atom stereocenters. The number of aromatic amines is 1. The van der Waals surface area contributed by atoms with Crippen LogP contribution in [0.2, 0.25) is 0 Å². The number of alkyl halides is 3. The molecule has 0 fully saturated rings. The first kappa shape index (κ1) is 23.3. The Morgan fingerprint density at radius 3 is 2.47 bits per heavy atom. The summed E-state index contributed by atoms with van der Waals surface area (Å²) in [7, 11) is 0. The molecule has 34 heavy (non-hydrogen) atoms. The van der Waals surface area contributed by atoms with Gasteiger partial charge in [-0.05, 0) is 38.0 Å². The van der Waals surface area contributed by atoms with E-state index < -0.39 is 40.1 Å². The SMILES string of the molecule is NC(=O)c1sc2nc(C(F)(F)F)cc(-c3ccccc3)c2c1NC(=O)c1n[nH]c([N+](=O)[O-])c1Br. The fourth-order valence-electron chi connectivity index (χ4n) is 3.15. The van der Waals surface area contributed by atoms with E-state index in [1.165, 1.54) is 0 Å². The number of amides is 2. The van der Waals surface area contributed by atoms with E-state index in [0.717, 1.165) is 6.07 Å². The number of pyridine rings is 1. The van der Waals surface area contributed by atoms with E-state index in [2.05, 4.69) is 36.4 Å². The molecular weight excluding hydrogens is 545 g/mol. The lowest BCUT2D eigenvalue weighted by molar-refractivity contribution is -0.390. The van der Waals surface area contributed by atoms with Crippen molar-refractivity contribution in [2.24, 2.45) is 5.73 Å². The Morgan fingerprint density at radius 2 is 1.91 bits per heavy atom. The third-order valence-electron chi connectivity index (χ3n) is 4.59. The largest absolute Gasteiger partial charge is 0.433 e. The molecular formula is C19H10BrF3N6O4S. The Bertz CT molecular complexity index is 1470. The number of hydrogen-bond donors (Lipinski definition) is 3. The average molecular weight is 555 g/mol. The molecule has 3 aromatic heterocycles. The minimum Gasteiger partial charge on any atom is -0.365 e. The summed E-state index contributed by atoms with van der Waals surface area (Å²) in [5.41, 5.74) is 4.04. The number of halogens is 4. The van der Waals surface area contributed by atoms with Crippen LogP contribution in [0.3, 0.4) is 0 Å². The molecule has 0 aliphatic rings. The molecule has 4 aromatic rings. The number of hydrogen-bond acceptors (Lipinski definition) is 7. The lowest BCUT2D eigenvalue weighted by atomic mass is 10.0. The van der Waals surface area contributed by atoms with Gasteiger partial charge in [-0.1, -0.05) is 35.4 Å². The van der Waals surface area contributed by atoms with Crippen LogP contribution in [0, 0.1) is 10.1 Å². The minimum absolute atomic E-state index is 0.0454. The van der Waals surface area contributed by atoms with E-state index in [1.807, 2.05) is 0 Å². The number of nitro groups is 1. The fourth-order valence-corrected chi connectivity index (χ4v) is 4.65. The number of nitrogens with two attached hydrogens (primary N) is 1. The molecule has 0 saturated carbocycles. The van der Waals surface area contributed by atoms with Crippen LogP contribution in [-0.2, 0) is 6.18 Å². The summed E-state index contributed by atoms with van der Waals surface area (Å²) in [6.45, 7) is 0. The molecule has 15 heteroatoms. The highest BCUT2D eigenvalue weighted by Gasteiger charge is 2.35. The first-order valence-corrected chi connectivity index (χ1v) is 10.7. The topological polar surface area (TPSA) is 157 Å². The number of carbonyl (C=O) groups excluding carboxylic acids is 2. The molecule has 0 aliphatic carbocycles. The number of primary amides is 1. The lowest BCUT2D eigenvalue weighted by Crippen LogP contribution is -2.17. The predicted molar refractivity (Wildman–Crippen MR) is 119 cm³/mol. The summed E-state index contributed by atoms with van der Waals surface area (Å²) in [6.07, 6.45) is -4.78. The number of nitrogens with one attached hydrogen (secondary N) is 2. The van der Waals surface area contributed by atoms with Gasteiger partial charge in [0.15, 0.2) is 5.69 Å². The van der Waals surface area contributed by atoms with E-state index in [4.69, 9.17) is 5.73 Å². The van der Waals surface area contributed by atoms with Gasteiger partial charge in [0, 0.05) is 5.39 Å². The summed E-state index contributed by atoms with van der Waals surface area (Å²) in [4.78, 5) is 38.4. The van der Waals surface area contributed by atoms with Crippen LogP contribution in [0.5, 0.6) is 0 Å². The van der Waals surface area contributed by atoms with Crippen molar-refractivity contribution in [2.45, 2.75) is 6.18 Å². The van der Waals surface area contributed by atoms with Crippen LogP contribution in [-0.4, -0.2) is 31.9 Å². The van der Waals surface area contributed by atoms with Gasteiger partial charge in [-0.15, -0.1) is 16.4 Å². The normalized spacial score (nSPS) is 11.5. The molecule has 0 unspecified atom stereocenters. The Labute approximate surface area is 199 Å². The van der Waals surface area contributed by atoms with Crippen LogP contribution >= 0.6 is 27.3 Å². The molecule has 0 spiro atoms. The van der Waals surface area contributed by atoms with Crippen molar-refractivity contribution in [3.63, 3.8) is 0 Å². The van der Waals surface area contributed by atoms with Gasteiger partial charge in [0.05, 0.1) is 5.69 Å². The van der Waals surface area contributed by atoms with Gasteiger partial charge in [-0.3, -0.25) is 9.59 Å². The van der Waals surface area contributed by atoms with Crippen molar-refractivity contribution in [3.05, 3.63) is 67.3 Å². The summed E-state index contributed by atoms with van der Waals surface area (Å²) < 4.78 is 40.3. The van der Waals surface area contributed by atoms with Crippen LogP contribution in [0.15, 0.2) is 40.9 Å². The molecule has 0 aliphatic heterocycles. The number of fused-ring (bicyclic) bond motifs is 1. The molecule has 174 valence electrons. The zero-order valence-electron chi connectivity index (χ0n) is 16.4. The first-order chi connectivity index (χ1) is 16.0. The second-order valence-corrected chi connectivity index (χ2v) is 8.51. The third kappa shape index (κ3) is 4.10. The molecule has 0 bridgehead atoms. The number of nitrogens with zero attached hydrogens (tertiary/aromatic N) is 3. The number of thiophene rings is 1. The first-order valence-electron chi connectivity index (χ1n) is 9.08. The average Bonchev–Trinajstić information content (AvgIpc) is 3.34. The number of anilines is 1. The highest BCUT2D eigenvalue weighted by Crippen LogP contribution is 2.44. The molecule has 4 N–H and O–H groups in total. The van der Waals surface area contributed by atoms with Crippen LogP contribution in [0.4, 0.5) is 24.7 Å². The molecule has 0 saturated heterocycles. The maximum atomic E-state index is 13.5. The van der Waals surface area contributed by atoms with Crippen LogP contribution in [0.25, 0.3) is 21.3 Å². The number of benzene rings is 1. The Hall–Kier alpha value is -3.85. The molecule has 4 rings (SSSR count). The third-order valence-corrected chi connectivity index (χ3v) is 6.44. The van der Waals surface area contributed by atoms with Gasteiger partial charge in [-0.25, -0.2) is 4.98 Å². The quantitative estimate of drug-likeness (QED) is 0.239. The van der Waals surface area contributed by atoms with E-state index in [-0.39, 0.29) is 30.8 Å². The number of H-pyrrole nitrogens is 1. The Balaban J connectivity index is 1.96. The second kappa shape index (κ2) is 8.49. The van der Waals surface area contributed by atoms with Gasteiger partial charge in [0.2, 0.25) is 0 Å². The summed E-state index contributed by atoms with van der Waals surface area (Å²) in [5, 5.41) is 19.2. The predicted octanol–water partition coefficient (Wildman–Crippen LogP) is 4.73. The fraction of sp³-hybridized carbons (Fsp3) is 0.0526. The zero-order chi connectivity index (χ0) is 24.8. The zero-order valence-corrected chi connectivity index (χ0v) is 18.8.